The first-order valence-corrected chi connectivity index (χ1v) is 8.61. The topological polar surface area (TPSA) is 30.5 Å². The summed E-state index contributed by atoms with van der Waals surface area (Å²) in [5.74, 6) is 4.45. The van der Waals surface area contributed by atoms with Crippen molar-refractivity contribution in [1.29, 1.82) is 0 Å². The van der Waals surface area contributed by atoms with Crippen LogP contribution in [0.25, 0.3) is 0 Å². The summed E-state index contributed by atoms with van der Waals surface area (Å²) in [5.41, 5.74) is 1.22. The molecule has 0 heterocycles. The first-order chi connectivity index (χ1) is 10.2. The standard InChI is InChI=1S/C17H24BrNO2/c1-20-16-7-14(15(18)8-17(16)21-2)10-19-9-13-6-11-3-4-12(13)5-11/h7-8,11-13,19H,3-6,9-10H2,1-2H3. The van der Waals surface area contributed by atoms with E-state index in [9.17, 15) is 0 Å². The fourth-order valence-electron chi connectivity index (χ4n) is 4.05. The van der Waals surface area contributed by atoms with E-state index >= 15 is 0 Å². The molecule has 2 saturated carbocycles. The van der Waals surface area contributed by atoms with Gasteiger partial charge in [0, 0.05) is 11.0 Å². The van der Waals surface area contributed by atoms with Gasteiger partial charge < -0.3 is 14.8 Å². The minimum Gasteiger partial charge on any atom is -0.493 e. The number of hydrogen-bond donors (Lipinski definition) is 1. The Morgan fingerprint density at radius 1 is 1.14 bits per heavy atom. The van der Waals surface area contributed by atoms with Crippen molar-refractivity contribution < 1.29 is 9.47 Å². The maximum atomic E-state index is 5.38. The average Bonchev–Trinajstić information content (AvgIpc) is 3.11. The van der Waals surface area contributed by atoms with Crippen molar-refractivity contribution in [2.45, 2.75) is 32.2 Å². The number of methoxy groups -OCH3 is 2. The normalized spacial score (nSPS) is 27.1. The van der Waals surface area contributed by atoms with Crippen LogP contribution in [0.5, 0.6) is 11.5 Å². The summed E-state index contributed by atoms with van der Waals surface area (Å²) in [5, 5.41) is 3.63. The monoisotopic (exact) mass is 353 g/mol. The lowest BCUT2D eigenvalue weighted by atomic mass is 9.89. The molecular weight excluding hydrogens is 330 g/mol. The van der Waals surface area contributed by atoms with Crippen LogP contribution in [-0.2, 0) is 6.54 Å². The maximum absolute atomic E-state index is 5.38. The Balaban J connectivity index is 1.57. The number of rotatable bonds is 6. The van der Waals surface area contributed by atoms with Gasteiger partial charge in [-0.15, -0.1) is 0 Å². The molecule has 116 valence electrons. The second kappa shape index (κ2) is 6.57. The van der Waals surface area contributed by atoms with Gasteiger partial charge in [-0.3, -0.25) is 0 Å². The zero-order chi connectivity index (χ0) is 14.8. The fourth-order valence-corrected chi connectivity index (χ4v) is 4.51. The molecule has 3 atom stereocenters. The van der Waals surface area contributed by atoms with Gasteiger partial charge in [-0.05, 0) is 61.3 Å². The number of fused-ring (bicyclic) bond motifs is 2. The molecule has 3 rings (SSSR count). The molecule has 2 aliphatic rings. The molecule has 0 aromatic heterocycles. The van der Waals surface area contributed by atoms with Gasteiger partial charge in [0.2, 0.25) is 0 Å². The number of ether oxygens (including phenoxy) is 2. The lowest BCUT2D eigenvalue weighted by molar-refractivity contribution is 0.318. The van der Waals surface area contributed by atoms with Crippen LogP contribution in [0.2, 0.25) is 0 Å². The molecule has 0 aliphatic heterocycles. The summed E-state index contributed by atoms with van der Waals surface area (Å²) < 4.78 is 11.8. The third kappa shape index (κ3) is 3.21. The van der Waals surface area contributed by atoms with Crippen LogP contribution in [0, 0.1) is 17.8 Å². The summed E-state index contributed by atoms with van der Waals surface area (Å²) in [7, 11) is 3.34. The zero-order valence-electron chi connectivity index (χ0n) is 12.8. The van der Waals surface area contributed by atoms with Crippen molar-refractivity contribution in [3.63, 3.8) is 0 Å². The smallest absolute Gasteiger partial charge is 0.161 e. The van der Waals surface area contributed by atoms with E-state index in [4.69, 9.17) is 9.47 Å². The molecular formula is C17H24BrNO2. The SMILES string of the molecule is COc1cc(Br)c(CNCC2CC3CCC2C3)cc1OC. The molecule has 2 bridgehead atoms. The number of hydrogen-bond acceptors (Lipinski definition) is 3. The first kappa shape index (κ1) is 15.2. The Morgan fingerprint density at radius 2 is 1.90 bits per heavy atom. The molecule has 0 spiro atoms. The summed E-state index contributed by atoms with van der Waals surface area (Å²) in [6, 6.07) is 4.03. The van der Waals surface area contributed by atoms with Gasteiger partial charge in [0.15, 0.2) is 11.5 Å². The molecule has 3 nitrogen and oxygen atoms in total. The van der Waals surface area contributed by atoms with Gasteiger partial charge >= 0.3 is 0 Å². The quantitative estimate of drug-likeness (QED) is 0.838. The van der Waals surface area contributed by atoms with Gasteiger partial charge in [-0.1, -0.05) is 22.4 Å². The van der Waals surface area contributed by atoms with Crippen LogP contribution < -0.4 is 14.8 Å². The van der Waals surface area contributed by atoms with E-state index in [0.717, 1.165) is 46.8 Å². The van der Waals surface area contributed by atoms with Crippen molar-refractivity contribution in [2.24, 2.45) is 17.8 Å². The summed E-state index contributed by atoms with van der Waals surface area (Å²) in [4.78, 5) is 0. The highest BCUT2D eigenvalue weighted by Gasteiger charge is 2.38. The summed E-state index contributed by atoms with van der Waals surface area (Å²) >= 11 is 3.62. The van der Waals surface area contributed by atoms with Gasteiger partial charge in [0.25, 0.3) is 0 Å². The molecule has 2 aliphatic carbocycles. The maximum Gasteiger partial charge on any atom is 0.161 e. The predicted molar refractivity (Wildman–Crippen MR) is 87.9 cm³/mol. The molecule has 0 saturated heterocycles. The van der Waals surface area contributed by atoms with Crippen LogP contribution >= 0.6 is 15.9 Å². The molecule has 1 N–H and O–H groups in total. The van der Waals surface area contributed by atoms with Crippen molar-refractivity contribution in [3.05, 3.63) is 22.2 Å². The Kier molecular flexibility index (Phi) is 4.75. The number of nitrogens with one attached hydrogen (secondary N) is 1. The zero-order valence-corrected chi connectivity index (χ0v) is 14.4. The lowest BCUT2D eigenvalue weighted by Crippen LogP contribution is -2.26. The van der Waals surface area contributed by atoms with Crippen molar-refractivity contribution >= 4 is 15.9 Å². The third-order valence-electron chi connectivity index (χ3n) is 5.16. The molecule has 1 aromatic rings. The molecule has 1 aromatic carbocycles. The lowest BCUT2D eigenvalue weighted by Gasteiger charge is -2.22. The third-order valence-corrected chi connectivity index (χ3v) is 5.90. The first-order valence-electron chi connectivity index (χ1n) is 7.82. The van der Waals surface area contributed by atoms with E-state index < -0.39 is 0 Å². The van der Waals surface area contributed by atoms with E-state index in [-0.39, 0.29) is 0 Å². The van der Waals surface area contributed by atoms with Gasteiger partial charge in [-0.25, -0.2) is 0 Å². The second-order valence-electron chi connectivity index (χ2n) is 6.36. The summed E-state index contributed by atoms with van der Waals surface area (Å²) in [6.07, 6.45) is 5.84. The molecule has 0 radical (unpaired) electrons. The van der Waals surface area contributed by atoms with Crippen molar-refractivity contribution in [1.82, 2.24) is 5.32 Å². The largest absolute Gasteiger partial charge is 0.493 e. The van der Waals surface area contributed by atoms with Gasteiger partial charge in [-0.2, -0.15) is 0 Å². The van der Waals surface area contributed by atoms with Crippen LogP contribution in [-0.4, -0.2) is 20.8 Å². The second-order valence-corrected chi connectivity index (χ2v) is 7.22. The molecule has 3 unspecified atom stereocenters. The number of benzene rings is 1. The Hall–Kier alpha value is -0.740. The molecule has 0 amide bonds. The van der Waals surface area contributed by atoms with Gasteiger partial charge in [0.1, 0.15) is 0 Å². The van der Waals surface area contributed by atoms with Crippen LogP contribution in [0.15, 0.2) is 16.6 Å². The summed E-state index contributed by atoms with van der Waals surface area (Å²) in [6.45, 7) is 2.01. The van der Waals surface area contributed by atoms with Crippen LogP contribution in [0.3, 0.4) is 0 Å². The highest BCUT2D eigenvalue weighted by molar-refractivity contribution is 9.10. The Bertz CT molecular complexity index is 506. The minimum absolute atomic E-state index is 0.765. The van der Waals surface area contributed by atoms with E-state index in [0.29, 0.717) is 0 Å². The van der Waals surface area contributed by atoms with Crippen molar-refractivity contribution in [3.8, 4) is 11.5 Å². The van der Waals surface area contributed by atoms with E-state index in [1.807, 2.05) is 6.07 Å². The van der Waals surface area contributed by atoms with E-state index in [2.05, 4.69) is 27.3 Å². The molecule has 21 heavy (non-hydrogen) atoms. The van der Waals surface area contributed by atoms with Gasteiger partial charge in [0.05, 0.1) is 14.2 Å². The molecule has 2 fully saturated rings. The van der Waals surface area contributed by atoms with Crippen LogP contribution in [0.4, 0.5) is 0 Å². The Labute approximate surface area is 135 Å². The predicted octanol–water partition coefficient (Wildman–Crippen LogP) is 3.99. The van der Waals surface area contributed by atoms with E-state index in [1.54, 1.807) is 14.2 Å². The number of halogens is 1. The minimum atomic E-state index is 0.765. The van der Waals surface area contributed by atoms with E-state index in [1.165, 1.54) is 31.2 Å². The highest BCUT2D eigenvalue weighted by Crippen LogP contribution is 2.48. The van der Waals surface area contributed by atoms with Crippen molar-refractivity contribution in [2.75, 3.05) is 20.8 Å². The molecule has 4 heteroatoms. The highest BCUT2D eigenvalue weighted by atomic mass is 79.9. The van der Waals surface area contributed by atoms with Crippen LogP contribution in [0.1, 0.15) is 31.2 Å². The average molecular weight is 354 g/mol. The Morgan fingerprint density at radius 3 is 2.52 bits per heavy atom. The fraction of sp³-hybridized carbons (Fsp3) is 0.647.